The SMILES string of the molecule is CC(=O)Oc1ccc(C2CCC3(CC2)CC2(OO3)C3CC4CC(C3)CC2C4)cc1. The van der Waals surface area contributed by atoms with Crippen LogP contribution in [0.4, 0.5) is 0 Å². The second-order valence-corrected chi connectivity index (χ2v) is 10.7. The number of esters is 1. The third-order valence-electron chi connectivity index (χ3n) is 9.00. The molecule has 7 rings (SSSR count). The molecule has 29 heavy (non-hydrogen) atoms. The van der Waals surface area contributed by atoms with Gasteiger partial charge in [-0.25, -0.2) is 9.78 Å². The Morgan fingerprint density at radius 2 is 1.55 bits per heavy atom. The lowest BCUT2D eigenvalue weighted by Crippen LogP contribution is -2.58. The number of hydrogen-bond acceptors (Lipinski definition) is 4. The van der Waals surface area contributed by atoms with E-state index >= 15 is 0 Å². The van der Waals surface area contributed by atoms with Crippen LogP contribution in [0.2, 0.25) is 0 Å². The van der Waals surface area contributed by atoms with E-state index in [1.807, 2.05) is 12.1 Å². The van der Waals surface area contributed by atoms with Crippen LogP contribution in [0.1, 0.15) is 82.6 Å². The van der Waals surface area contributed by atoms with Crippen LogP contribution in [0.5, 0.6) is 5.75 Å². The highest BCUT2D eigenvalue weighted by Gasteiger charge is 2.65. The highest BCUT2D eigenvalue weighted by atomic mass is 17.2. The van der Waals surface area contributed by atoms with Crippen LogP contribution in [0.15, 0.2) is 24.3 Å². The zero-order valence-corrected chi connectivity index (χ0v) is 17.4. The molecule has 0 radical (unpaired) electrons. The molecular formula is C25H32O4. The van der Waals surface area contributed by atoms with Gasteiger partial charge in [0, 0.05) is 13.3 Å². The van der Waals surface area contributed by atoms with E-state index in [0.717, 1.165) is 55.8 Å². The molecule has 0 unspecified atom stereocenters. The van der Waals surface area contributed by atoms with Crippen LogP contribution in [0.25, 0.3) is 0 Å². The number of carbonyl (C=O) groups is 1. The predicted molar refractivity (Wildman–Crippen MR) is 108 cm³/mol. The summed E-state index contributed by atoms with van der Waals surface area (Å²) in [5.41, 5.74) is 1.33. The van der Waals surface area contributed by atoms with Gasteiger partial charge in [-0.3, -0.25) is 4.79 Å². The summed E-state index contributed by atoms with van der Waals surface area (Å²) in [6.45, 7) is 1.44. The molecule has 4 bridgehead atoms. The summed E-state index contributed by atoms with van der Waals surface area (Å²) in [6.07, 6.45) is 12.6. The van der Waals surface area contributed by atoms with Gasteiger partial charge < -0.3 is 4.74 Å². The monoisotopic (exact) mass is 396 g/mol. The lowest BCUT2D eigenvalue weighted by molar-refractivity contribution is -0.385. The topological polar surface area (TPSA) is 44.8 Å². The Bertz CT molecular complexity index is 762. The second kappa shape index (κ2) is 6.55. The van der Waals surface area contributed by atoms with Crippen molar-refractivity contribution in [1.29, 1.82) is 0 Å². The Kier molecular flexibility index (Phi) is 4.15. The standard InChI is InChI=1S/C25H32O4/c1-16(26)27-23-4-2-19(3-5-23)20-6-8-24(9-7-20)15-25(29-28-24)21-11-17-10-18(13-21)14-22(25)12-17/h2-5,17-18,20-22H,6-15H2,1H3. The third kappa shape index (κ3) is 2.97. The molecule has 6 fully saturated rings. The quantitative estimate of drug-likeness (QED) is 0.373. The summed E-state index contributed by atoms with van der Waals surface area (Å²) in [5, 5.41) is 0. The average Bonchev–Trinajstić information content (AvgIpc) is 3.07. The molecule has 156 valence electrons. The van der Waals surface area contributed by atoms with E-state index < -0.39 is 0 Å². The van der Waals surface area contributed by atoms with E-state index in [2.05, 4.69) is 12.1 Å². The molecule has 0 N–H and O–H groups in total. The van der Waals surface area contributed by atoms with E-state index in [0.29, 0.717) is 11.7 Å². The minimum absolute atomic E-state index is 0.0337. The first-order valence-corrected chi connectivity index (χ1v) is 11.7. The number of ether oxygens (including phenoxy) is 1. The minimum atomic E-state index is -0.269. The van der Waals surface area contributed by atoms with Crippen molar-refractivity contribution in [2.75, 3.05) is 0 Å². The lowest BCUT2D eigenvalue weighted by Gasteiger charge is -2.58. The summed E-state index contributed by atoms with van der Waals surface area (Å²) < 4.78 is 5.17. The number of rotatable bonds is 2. The second-order valence-electron chi connectivity index (χ2n) is 10.7. The fraction of sp³-hybridized carbons (Fsp3) is 0.720. The van der Waals surface area contributed by atoms with Crippen LogP contribution in [0.3, 0.4) is 0 Å². The van der Waals surface area contributed by atoms with Crippen molar-refractivity contribution in [3.63, 3.8) is 0 Å². The predicted octanol–water partition coefficient (Wildman–Crippen LogP) is 5.56. The minimum Gasteiger partial charge on any atom is -0.427 e. The number of hydrogen-bond donors (Lipinski definition) is 0. The van der Waals surface area contributed by atoms with E-state index in [4.69, 9.17) is 14.5 Å². The van der Waals surface area contributed by atoms with Crippen molar-refractivity contribution < 1.29 is 19.3 Å². The number of benzene rings is 1. The smallest absolute Gasteiger partial charge is 0.308 e. The molecule has 6 aliphatic rings. The van der Waals surface area contributed by atoms with Crippen molar-refractivity contribution >= 4 is 5.97 Å². The lowest BCUT2D eigenvalue weighted by atomic mass is 9.48. The highest BCUT2D eigenvalue weighted by molar-refractivity contribution is 5.69. The van der Waals surface area contributed by atoms with Gasteiger partial charge in [0.15, 0.2) is 0 Å². The van der Waals surface area contributed by atoms with Crippen LogP contribution < -0.4 is 4.74 Å². The van der Waals surface area contributed by atoms with E-state index in [1.165, 1.54) is 44.6 Å². The maximum atomic E-state index is 11.1. The summed E-state index contributed by atoms with van der Waals surface area (Å²) in [5.74, 6) is 4.34. The molecule has 0 amide bonds. The molecule has 5 aliphatic carbocycles. The normalized spacial score (nSPS) is 45.2. The molecule has 0 atom stereocenters. The molecule has 1 aromatic carbocycles. The summed E-state index contributed by atoms with van der Waals surface area (Å²) >= 11 is 0. The first-order valence-electron chi connectivity index (χ1n) is 11.7. The molecular weight excluding hydrogens is 364 g/mol. The molecule has 4 heteroatoms. The Morgan fingerprint density at radius 1 is 0.931 bits per heavy atom. The van der Waals surface area contributed by atoms with Crippen LogP contribution >= 0.6 is 0 Å². The van der Waals surface area contributed by atoms with Gasteiger partial charge in [0.2, 0.25) is 0 Å². The summed E-state index contributed by atoms with van der Waals surface area (Å²) in [4.78, 5) is 23.7. The molecule has 5 saturated carbocycles. The van der Waals surface area contributed by atoms with Crippen molar-refractivity contribution in [3.05, 3.63) is 29.8 Å². The van der Waals surface area contributed by atoms with Gasteiger partial charge in [-0.2, -0.15) is 0 Å². The van der Waals surface area contributed by atoms with Crippen molar-refractivity contribution in [2.45, 2.75) is 88.3 Å². The van der Waals surface area contributed by atoms with Gasteiger partial charge in [-0.15, -0.1) is 0 Å². The Morgan fingerprint density at radius 3 is 2.14 bits per heavy atom. The van der Waals surface area contributed by atoms with Crippen LogP contribution in [-0.4, -0.2) is 17.2 Å². The van der Waals surface area contributed by atoms with E-state index in [-0.39, 0.29) is 17.2 Å². The fourth-order valence-corrected chi connectivity index (χ4v) is 7.85. The van der Waals surface area contributed by atoms with Crippen molar-refractivity contribution in [1.82, 2.24) is 0 Å². The molecule has 2 spiro atoms. The Balaban J connectivity index is 1.13. The molecule has 0 aromatic heterocycles. The fourth-order valence-electron chi connectivity index (χ4n) is 7.85. The largest absolute Gasteiger partial charge is 0.427 e. The molecule has 1 aliphatic heterocycles. The maximum Gasteiger partial charge on any atom is 0.308 e. The summed E-state index contributed by atoms with van der Waals surface area (Å²) in [7, 11) is 0. The van der Waals surface area contributed by atoms with Gasteiger partial charge in [0.25, 0.3) is 0 Å². The first-order chi connectivity index (χ1) is 14.0. The molecule has 1 saturated heterocycles. The maximum absolute atomic E-state index is 11.1. The third-order valence-corrected chi connectivity index (χ3v) is 9.00. The van der Waals surface area contributed by atoms with Crippen molar-refractivity contribution in [3.8, 4) is 5.75 Å². The average molecular weight is 397 g/mol. The Labute approximate surface area is 173 Å². The van der Waals surface area contributed by atoms with Gasteiger partial charge in [0.1, 0.15) is 17.0 Å². The van der Waals surface area contributed by atoms with E-state index in [9.17, 15) is 4.79 Å². The van der Waals surface area contributed by atoms with Gasteiger partial charge in [-0.05, 0) is 105 Å². The molecule has 4 nitrogen and oxygen atoms in total. The molecule has 1 aromatic rings. The van der Waals surface area contributed by atoms with Crippen LogP contribution in [0, 0.1) is 23.7 Å². The summed E-state index contributed by atoms with van der Waals surface area (Å²) in [6, 6.07) is 8.07. The van der Waals surface area contributed by atoms with Crippen molar-refractivity contribution in [2.24, 2.45) is 23.7 Å². The van der Waals surface area contributed by atoms with Gasteiger partial charge in [0.05, 0.1) is 0 Å². The van der Waals surface area contributed by atoms with Gasteiger partial charge in [-0.1, -0.05) is 12.1 Å². The zero-order valence-electron chi connectivity index (χ0n) is 17.4. The zero-order chi connectivity index (χ0) is 19.6. The van der Waals surface area contributed by atoms with E-state index in [1.54, 1.807) is 0 Å². The molecule has 1 heterocycles. The first kappa shape index (κ1) is 18.4. The van der Waals surface area contributed by atoms with Crippen LogP contribution in [-0.2, 0) is 14.6 Å². The van der Waals surface area contributed by atoms with Gasteiger partial charge >= 0.3 is 5.97 Å². The highest BCUT2D eigenvalue weighted by Crippen LogP contribution is 2.65. The number of carbonyl (C=O) groups excluding carboxylic acids is 1. The Hall–Kier alpha value is -1.39.